The van der Waals surface area contributed by atoms with Gasteiger partial charge in [-0.1, -0.05) is 12.1 Å². The van der Waals surface area contributed by atoms with Crippen LogP contribution in [0.4, 0.5) is 39.8 Å². The highest BCUT2D eigenvalue weighted by molar-refractivity contribution is 6.09. The Kier molecular flexibility index (Phi) is 6.62. The van der Waals surface area contributed by atoms with Crippen molar-refractivity contribution in [2.24, 2.45) is 5.92 Å². The summed E-state index contributed by atoms with van der Waals surface area (Å²) in [6.45, 7) is 0.663. The topological polar surface area (TPSA) is 93.8 Å². The van der Waals surface area contributed by atoms with Crippen molar-refractivity contribution < 1.29 is 27.6 Å². The van der Waals surface area contributed by atoms with Gasteiger partial charge in [0.05, 0.1) is 5.92 Å². The van der Waals surface area contributed by atoms with Gasteiger partial charge in [0.15, 0.2) is 0 Å². The first-order valence-corrected chi connectivity index (χ1v) is 10.9. The van der Waals surface area contributed by atoms with Crippen LogP contribution >= 0.6 is 0 Å². The Hall–Kier alpha value is -3.76. The van der Waals surface area contributed by atoms with Crippen LogP contribution in [0.25, 0.3) is 0 Å². The minimum atomic E-state index is -4.12. The van der Waals surface area contributed by atoms with E-state index in [-0.39, 0.29) is 25.9 Å². The summed E-state index contributed by atoms with van der Waals surface area (Å²) in [5, 5.41) is 7.89. The number of alkyl halides is 3. The molecule has 0 aromatic heterocycles. The number of anilines is 3. The Morgan fingerprint density at radius 2 is 1.56 bits per heavy atom. The first kappa shape index (κ1) is 23.4. The molecule has 0 unspecified atom stereocenters. The lowest BCUT2D eigenvalue weighted by molar-refractivity contribution is -0.179. The van der Waals surface area contributed by atoms with Crippen LogP contribution in [-0.4, -0.2) is 48.7 Å². The molecule has 2 aromatic carbocycles. The Labute approximate surface area is 194 Å². The summed E-state index contributed by atoms with van der Waals surface area (Å²) in [5.41, 5.74) is 3.35. The van der Waals surface area contributed by atoms with E-state index in [9.17, 15) is 27.6 Å². The number of hydrogen-bond acceptors (Lipinski definition) is 5. The average molecular weight is 475 g/mol. The molecule has 2 heterocycles. The Balaban J connectivity index is 1.26. The van der Waals surface area contributed by atoms with E-state index in [2.05, 4.69) is 10.6 Å². The smallest absolute Gasteiger partial charge is 0.372 e. The number of amides is 5. The first-order chi connectivity index (χ1) is 16.2. The molecule has 2 aliphatic rings. The lowest BCUT2D eigenvalue weighted by Crippen LogP contribution is -2.41. The van der Waals surface area contributed by atoms with E-state index in [1.165, 1.54) is 0 Å². The molecule has 3 N–H and O–H groups in total. The van der Waals surface area contributed by atoms with Gasteiger partial charge in [0, 0.05) is 36.7 Å². The number of hydrogen-bond donors (Lipinski definition) is 3. The monoisotopic (exact) mass is 475 g/mol. The fraction of sp³-hybridized carbons (Fsp3) is 0.348. The number of rotatable bonds is 5. The molecular weight excluding hydrogens is 451 g/mol. The standard InChI is InChI=1S/C23H24F3N5O3/c24-23(25,26)16-9-11-30(12-10-16)19-7-5-18(6-8-19)28-17-3-1-15(2-4-17)13-27-21(33)31-14-20(32)29-22(31)34/h1-8,16,28H,9-14H2,(H,27,33)(H,29,32,34). The Morgan fingerprint density at radius 3 is 2.09 bits per heavy atom. The van der Waals surface area contributed by atoms with Crippen molar-refractivity contribution in [3.8, 4) is 0 Å². The zero-order valence-corrected chi connectivity index (χ0v) is 18.2. The van der Waals surface area contributed by atoms with Crippen molar-refractivity contribution >= 4 is 35.0 Å². The van der Waals surface area contributed by atoms with Gasteiger partial charge in [0.1, 0.15) is 6.54 Å². The predicted octanol–water partition coefficient (Wildman–Crippen LogP) is 3.97. The fourth-order valence-corrected chi connectivity index (χ4v) is 3.97. The maximum Gasteiger partial charge on any atom is 0.391 e. The van der Waals surface area contributed by atoms with Gasteiger partial charge in [-0.05, 0) is 54.8 Å². The lowest BCUT2D eigenvalue weighted by Gasteiger charge is -2.34. The minimum Gasteiger partial charge on any atom is -0.372 e. The zero-order valence-electron chi connectivity index (χ0n) is 18.2. The molecule has 34 heavy (non-hydrogen) atoms. The normalized spacial score (nSPS) is 17.0. The molecule has 8 nitrogen and oxygen atoms in total. The van der Waals surface area contributed by atoms with E-state index in [0.717, 1.165) is 27.5 Å². The summed E-state index contributed by atoms with van der Waals surface area (Å²) in [5.74, 6) is -1.74. The van der Waals surface area contributed by atoms with Crippen LogP contribution in [0, 0.1) is 5.92 Å². The summed E-state index contributed by atoms with van der Waals surface area (Å²) >= 11 is 0. The minimum absolute atomic E-state index is 0.111. The molecular formula is C23H24F3N5O3. The van der Waals surface area contributed by atoms with Gasteiger partial charge in [-0.25, -0.2) is 14.5 Å². The SMILES string of the molecule is O=C1CN(C(=O)NCc2ccc(Nc3ccc(N4CCC(C(F)(F)F)CC4)cc3)cc2)C(=O)N1. The summed E-state index contributed by atoms with van der Waals surface area (Å²) in [7, 11) is 0. The quantitative estimate of drug-likeness (QED) is 0.569. The summed E-state index contributed by atoms with van der Waals surface area (Å²) < 4.78 is 38.6. The lowest BCUT2D eigenvalue weighted by atomic mass is 9.96. The van der Waals surface area contributed by atoms with Gasteiger partial charge in [0.25, 0.3) is 0 Å². The fourth-order valence-electron chi connectivity index (χ4n) is 3.97. The van der Waals surface area contributed by atoms with E-state index in [4.69, 9.17) is 0 Å². The Morgan fingerprint density at radius 1 is 0.971 bits per heavy atom. The molecule has 5 amide bonds. The second-order valence-corrected chi connectivity index (χ2v) is 8.27. The summed E-state index contributed by atoms with van der Waals surface area (Å²) in [4.78, 5) is 37.5. The van der Waals surface area contributed by atoms with Crippen LogP contribution in [0.1, 0.15) is 18.4 Å². The summed E-state index contributed by atoms with van der Waals surface area (Å²) in [6, 6.07) is 13.5. The number of carbonyl (C=O) groups is 3. The highest BCUT2D eigenvalue weighted by Gasteiger charge is 2.41. The third kappa shape index (κ3) is 5.59. The highest BCUT2D eigenvalue weighted by atomic mass is 19.4. The molecule has 11 heteroatoms. The molecule has 4 rings (SSSR count). The molecule has 2 aromatic rings. The van der Waals surface area contributed by atoms with Crippen molar-refractivity contribution in [2.75, 3.05) is 29.9 Å². The number of nitrogens with zero attached hydrogens (tertiary/aromatic N) is 2. The van der Waals surface area contributed by atoms with Crippen LogP contribution in [0.15, 0.2) is 48.5 Å². The predicted molar refractivity (Wildman–Crippen MR) is 120 cm³/mol. The second-order valence-electron chi connectivity index (χ2n) is 8.27. The van der Waals surface area contributed by atoms with Crippen LogP contribution in [-0.2, 0) is 11.3 Å². The van der Waals surface area contributed by atoms with Crippen molar-refractivity contribution in [1.82, 2.24) is 15.5 Å². The maximum absolute atomic E-state index is 12.9. The first-order valence-electron chi connectivity index (χ1n) is 10.9. The molecule has 0 radical (unpaired) electrons. The molecule has 0 spiro atoms. The van der Waals surface area contributed by atoms with Crippen molar-refractivity contribution in [3.05, 3.63) is 54.1 Å². The van der Waals surface area contributed by atoms with Crippen LogP contribution in [0.5, 0.6) is 0 Å². The number of piperidine rings is 1. The third-order valence-electron chi connectivity index (χ3n) is 5.92. The average Bonchev–Trinajstić information content (AvgIpc) is 3.16. The van der Waals surface area contributed by atoms with Gasteiger partial charge < -0.3 is 15.5 Å². The van der Waals surface area contributed by atoms with Gasteiger partial charge in [-0.3, -0.25) is 10.1 Å². The summed E-state index contributed by atoms with van der Waals surface area (Å²) in [6.07, 6.45) is -3.90. The number of nitrogens with one attached hydrogen (secondary N) is 3. The molecule has 0 saturated carbocycles. The molecule has 2 aliphatic heterocycles. The molecule has 180 valence electrons. The van der Waals surface area contributed by atoms with E-state index in [0.29, 0.717) is 13.1 Å². The largest absolute Gasteiger partial charge is 0.391 e. The van der Waals surface area contributed by atoms with E-state index < -0.39 is 30.1 Å². The van der Waals surface area contributed by atoms with Gasteiger partial charge >= 0.3 is 18.2 Å². The van der Waals surface area contributed by atoms with Crippen LogP contribution in [0.2, 0.25) is 0 Å². The maximum atomic E-state index is 12.9. The number of urea groups is 2. The highest BCUT2D eigenvalue weighted by Crippen LogP contribution is 2.35. The van der Waals surface area contributed by atoms with Crippen molar-refractivity contribution in [2.45, 2.75) is 25.6 Å². The van der Waals surface area contributed by atoms with Crippen LogP contribution < -0.4 is 20.9 Å². The zero-order chi connectivity index (χ0) is 24.3. The van der Waals surface area contributed by atoms with Gasteiger partial charge in [0.2, 0.25) is 5.91 Å². The molecule has 2 saturated heterocycles. The molecule has 2 fully saturated rings. The van der Waals surface area contributed by atoms with E-state index >= 15 is 0 Å². The second kappa shape index (κ2) is 9.62. The number of carbonyl (C=O) groups excluding carboxylic acids is 3. The van der Waals surface area contributed by atoms with Crippen molar-refractivity contribution in [1.29, 1.82) is 0 Å². The molecule has 0 atom stereocenters. The van der Waals surface area contributed by atoms with Gasteiger partial charge in [-0.15, -0.1) is 0 Å². The third-order valence-corrected chi connectivity index (χ3v) is 5.92. The number of imide groups is 2. The number of halogens is 3. The van der Waals surface area contributed by atoms with E-state index in [1.807, 2.05) is 58.7 Å². The molecule has 0 bridgehead atoms. The van der Waals surface area contributed by atoms with Crippen LogP contribution in [0.3, 0.4) is 0 Å². The van der Waals surface area contributed by atoms with E-state index in [1.54, 1.807) is 0 Å². The van der Waals surface area contributed by atoms with Gasteiger partial charge in [-0.2, -0.15) is 13.2 Å². The number of benzene rings is 2. The Bertz CT molecular complexity index is 1050. The molecule has 0 aliphatic carbocycles. The van der Waals surface area contributed by atoms with Crippen molar-refractivity contribution in [3.63, 3.8) is 0 Å².